The first-order valence-corrected chi connectivity index (χ1v) is 6.80. The summed E-state index contributed by atoms with van der Waals surface area (Å²) in [5, 5.41) is 10.7. The van der Waals surface area contributed by atoms with E-state index in [-0.39, 0.29) is 11.9 Å². The van der Waals surface area contributed by atoms with Crippen molar-refractivity contribution in [3.63, 3.8) is 0 Å². The molecule has 2 heterocycles. The highest BCUT2D eigenvalue weighted by molar-refractivity contribution is 6.33. The van der Waals surface area contributed by atoms with Gasteiger partial charge in [0.2, 0.25) is 0 Å². The molecule has 5 nitrogen and oxygen atoms in total. The number of hydrogen-bond donors (Lipinski definition) is 2. The van der Waals surface area contributed by atoms with Crippen LogP contribution < -0.4 is 10.6 Å². The van der Waals surface area contributed by atoms with Crippen LogP contribution in [-0.4, -0.2) is 17.6 Å². The average molecular weight is 292 g/mol. The van der Waals surface area contributed by atoms with E-state index in [0.29, 0.717) is 10.6 Å². The molecule has 0 fully saturated rings. The largest absolute Gasteiger partial charge is 0.380 e. The average Bonchev–Trinajstić information content (AvgIpc) is 2.82. The topological polar surface area (TPSA) is 67.2 Å². The number of anilines is 1. The maximum absolute atomic E-state index is 12.3. The lowest BCUT2D eigenvalue weighted by molar-refractivity contribution is 0.0933. The minimum Gasteiger partial charge on any atom is -0.380 e. The van der Waals surface area contributed by atoms with Gasteiger partial charge in [0, 0.05) is 6.54 Å². The molecule has 20 heavy (non-hydrogen) atoms. The van der Waals surface area contributed by atoms with Crippen molar-refractivity contribution in [3.8, 4) is 0 Å². The first kappa shape index (κ1) is 13.0. The van der Waals surface area contributed by atoms with E-state index in [2.05, 4.69) is 15.8 Å². The Kier molecular flexibility index (Phi) is 3.36. The molecule has 0 saturated carbocycles. The zero-order valence-electron chi connectivity index (χ0n) is 10.9. The third-order valence-electron chi connectivity index (χ3n) is 3.38. The molecule has 1 aliphatic heterocycles. The molecule has 0 bridgehead atoms. The second-order valence-electron chi connectivity index (χ2n) is 4.72. The van der Waals surface area contributed by atoms with Gasteiger partial charge in [0.15, 0.2) is 5.76 Å². The number of nitrogens with one attached hydrogen (secondary N) is 2. The molecule has 2 N–H and O–H groups in total. The maximum atomic E-state index is 12.3. The lowest BCUT2D eigenvalue weighted by Gasteiger charge is -2.23. The van der Waals surface area contributed by atoms with Crippen molar-refractivity contribution >= 4 is 23.2 Å². The molecule has 0 radical (unpaired) electrons. The molecule has 0 aliphatic carbocycles. The summed E-state index contributed by atoms with van der Waals surface area (Å²) >= 11 is 6.03. The van der Waals surface area contributed by atoms with Gasteiger partial charge in [-0.2, -0.15) is 0 Å². The maximum Gasteiger partial charge on any atom is 0.253 e. The molecule has 1 aromatic heterocycles. The Balaban J connectivity index is 1.83. The lowest BCUT2D eigenvalue weighted by Crippen LogP contribution is -2.33. The zero-order valence-corrected chi connectivity index (χ0v) is 11.7. The lowest BCUT2D eigenvalue weighted by atomic mass is 10.0. The van der Waals surface area contributed by atoms with E-state index in [4.69, 9.17) is 16.1 Å². The first-order chi connectivity index (χ1) is 9.66. The summed E-state index contributed by atoms with van der Waals surface area (Å²) in [6.07, 6.45) is 0.759. The number of rotatable bonds is 2. The molecule has 0 saturated heterocycles. The van der Waals surface area contributed by atoms with Crippen molar-refractivity contribution in [2.45, 2.75) is 19.4 Å². The summed E-state index contributed by atoms with van der Waals surface area (Å²) in [5.74, 6) is 0.533. The summed E-state index contributed by atoms with van der Waals surface area (Å²) < 4.78 is 5.17. The molecule has 1 atom stereocenters. The quantitative estimate of drug-likeness (QED) is 0.893. The van der Waals surface area contributed by atoms with E-state index in [1.54, 1.807) is 24.3 Å². The fraction of sp³-hybridized carbons (Fsp3) is 0.286. The SMILES string of the molecule is Cc1onc2c1NCCC2NC(=O)c1ccccc1Cl. The number of halogens is 1. The van der Waals surface area contributed by atoms with Crippen molar-refractivity contribution in [2.24, 2.45) is 0 Å². The van der Waals surface area contributed by atoms with Crippen LogP contribution in [0.4, 0.5) is 5.69 Å². The number of benzene rings is 1. The van der Waals surface area contributed by atoms with E-state index >= 15 is 0 Å². The minimum atomic E-state index is -0.200. The van der Waals surface area contributed by atoms with Crippen LogP contribution in [0.3, 0.4) is 0 Å². The van der Waals surface area contributed by atoms with Crippen LogP contribution in [0.2, 0.25) is 5.02 Å². The highest BCUT2D eigenvalue weighted by Gasteiger charge is 2.27. The molecular formula is C14H14ClN3O2. The molecule has 3 rings (SSSR count). The van der Waals surface area contributed by atoms with Gasteiger partial charge in [0.25, 0.3) is 5.91 Å². The fourth-order valence-electron chi connectivity index (χ4n) is 2.34. The van der Waals surface area contributed by atoms with E-state index < -0.39 is 0 Å². The molecule has 1 aromatic carbocycles. The summed E-state index contributed by atoms with van der Waals surface area (Å²) in [6.45, 7) is 2.61. The van der Waals surface area contributed by atoms with E-state index in [9.17, 15) is 4.79 Å². The van der Waals surface area contributed by atoms with Crippen LogP contribution in [0.25, 0.3) is 0 Å². The van der Waals surface area contributed by atoms with Crippen LogP contribution in [0, 0.1) is 6.92 Å². The van der Waals surface area contributed by atoms with Gasteiger partial charge in [-0.05, 0) is 25.5 Å². The van der Waals surface area contributed by atoms with Gasteiger partial charge in [-0.25, -0.2) is 0 Å². The predicted molar refractivity (Wildman–Crippen MR) is 76.0 cm³/mol. The summed E-state index contributed by atoms with van der Waals surface area (Å²) in [7, 11) is 0. The van der Waals surface area contributed by atoms with E-state index in [1.807, 2.05) is 6.92 Å². The van der Waals surface area contributed by atoms with Gasteiger partial charge in [0.1, 0.15) is 11.4 Å². The molecule has 1 amide bonds. The Morgan fingerprint density at radius 1 is 1.50 bits per heavy atom. The predicted octanol–water partition coefficient (Wildman–Crippen LogP) is 2.92. The Morgan fingerprint density at radius 2 is 2.30 bits per heavy atom. The normalized spacial score (nSPS) is 17.2. The van der Waals surface area contributed by atoms with Crippen molar-refractivity contribution in [3.05, 3.63) is 46.3 Å². The number of hydrogen-bond acceptors (Lipinski definition) is 4. The van der Waals surface area contributed by atoms with Gasteiger partial charge >= 0.3 is 0 Å². The van der Waals surface area contributed by atoms with E-state index in [0.717, 1.165) is 30.1 Å². The summed E-state index contributed by atoms with van der Waals surface area (Å²) in [5.41, 5.74) is 2.09. The second-order valence-corrected chi connectivity index (χ2v) is 5.13. The smallest absolute Gasteiger partial charge is 0.253 e. The third kappa shape index (κ3) is 2.25. The summed E-state index contributed by atoms with van der Waals surface area (Å²) in [6, 6.07) is 6.82. The van der Waals surface area contributed by atoms with Crippen LogP contribution in [0.15, 0.2) is 28.8 Å². The molecule has 104 valence electrons. The molecular weight excluding hydrogens is 278 g/mol. The van der Waals surface area contributed by atoms with Gasteiger partial charge in [-0.1, -0.05) is 28.9 Å². The first-order valence-electron chi connectivity index (χ1n) is 6.42. The zero-order chi connectivity index (χ0) is 14.1. The van der Waals surface area contributed by atoms with Crippen LogP contribution in [0.5, 0.6) is 0 Å². The number of fused-ring (bicyclic) bond motifs is 1. The van der Waals surface area contributed by atoms with Crippen LogP contribution in [0.1, 0.15) is 34.3 Å². The van der Waals surface area contributed by atoms with Gasteiger partial charge in [0.05, 0.1) is 16.6 Å². The Labute approximate surface area is 121 Å². The highest BCUT2D eigenvalue weighted by atomic mass is 35.5. The van der Waals surface area contributed by atoms with Crippen LogP contribution >= 0.6 is 11.6 Å². The van der Waals surface area contributed by atoms with Crippen molar-refractivity contribution in [1.29, 1.82) is 0 Å². The Bertz CT molecular complexity index is 654. The Hall–Kier alpha value is -2.01. The number of carbonyl (C=O) groups is 1. The number of amides is 1. The number of aryl methyl sites for hydroxylation is 1. The van der Waals surface area contributed by atoms with Crippen molar-refractivity contribution < 1.29 is 9.32 Å². The van der Waals surface area contributed by atoms with Gasteiger partial charge < -0.3 is 15.2 Å². The van der Waals surface area contributed by atoms with E-state index in [1.165, 1.54) is 0 Å². The van der Waals surface area contributed by atoms with Gasteiger partial charge in [-0.3, -0.25) is 4.79 Å². The van der Waals surface area contributed by atoms with Crippen molar-refractivity contribution in [2.75, 3.05) is 11.9 Å². The number of aromatic nitrogens is 1. The molecule has 2 aromatic rings. The second kappa shape index (κ2) is 5.17. The third-order valence-corrected chi connectivity index (χ3v) is 3.71. The summed E-state index contributed by atoms with van der Waals surface area (Å²) in [4.78, 5) is 12.3. The van der Waals surface area contributed by atoms with Crippen LogP contribution in [-0.2, 0) is 0 Å². The molecule has 6 heteroatoms. The Morgan fingerprint density at radius 3 is 3.10 bits per heavy atom. The standard InChI is InChI=1S/C14H14ClN3O2/c1-8-12-13(18-20-8)11(6-7-16-12)17-14(19)9-4-2-3-5-10(9)15/h2-5,11,16H,6-7H2,1H3,(H,17,19). The fourth-order valence-corrected chi connectivity index (χ4v) is 2.56. The molecule has 1 aliphatic rings. The van der Waals surface area contributed by atoms with Gasteiger partial charge in [-0.15, -0.1) is 0 Å². The minimum absolute atomic E-state index is 0.160. The number of nitrogens with zero attached hydrogens (tertiary/aromatic N) is 1. The number of carbonyl (C=O) groups excluding carboxylic acids is 1. The van der Waals surface area contributed by atoms with Crippen molar-refractivity contribution in [1.82, 2.24) is 10.5 Å². The highest BCUT2D eigenvalue weighted by Crippen LogP contribution is 2.31. The molecule has 0 spiro atoms. The monoisotopic (exact) mass is 291 g/mol. The molecule has 1 unspecified atom stereocenters.